The van der Waals surface area contributed by atoms with Crippen molar-refractivity contribution < 1.29 is 13.9 Å². The molecule has 2 N–H and O–H groups in total. The maximum Gasteiger partial charge on any atom is 0.226 e. The number of halogens is 1. The third kappa shape index (κ3) is 3.92. The van der Waals surface area contributed by atoms with Crippen molar-refractivity contribution in [3.63, 3.8) is 0 Å². The maximum atomic E-state index is 13.9. The second-order valence-electron chi connectivity index (χ2n) is 5.00. The van der Waals surface area contributed by atoms with E-state index in [1.807, 2.05) is 13.8 Å². The molecule has 0 heterocycles. The summed E-state index contributed by atoms with van der Waals surface area (Å²) < 4.78 is 18.8. The molecule has 0 aliphatic rings. The molecular weight excluding hydrogens is 247 g/mol. The van der Waals surface area contributed by atoms with Crippen molar-refractivity contribution in [3.05, 3.63) is 29.6 Å². The minimum absolute atomic E-state index is 0.0499. The largest absolute Gasteiger partial charge is 0.494 e. The molecule has 106 valence electrons. The number of hydrogen-bond acceptors (Lipinski definition) is 3. The summed E-state index contributed by atoms with van der Waals surface area (Å²) in [5.41, 5.74) is -0.0172. The molecule has 0 unspecified atom stereocenters. The van der Waals surface area contributed by atoms with Crippen LogP contribution in [0.1, 0.15) is 19.4 Å². The first-order valence-electron chi connectivity index (χ1n) is 6.16. The Morgan fingerprint density at radius 2 is 2.11 bits per heavy atom. The molecule has 0 radical (unpaired) electrons. The normalized spacial score (nSPS) is 11.2. The third-order valence-electron chi connectivity index (χ3n) is 2.99. The molecule has 1 aromatic carbocycles. The van der Waals surface area contributed by atoms with E-state index in [9.17, 15) is 9.18 Å². The lowest BCUT2D eigenvalue weighted by atomic mass is 9.92. The van der Waals surface area contributed by atoms with E-state index in [-0.39, 0.29) is 17.5 Å². The highest BCUT2D eigenvalue weighted by Gasteiger charge is 2.25. The second kappa shape index (κ2) is 6.52. The summed E-state index contributed by atoms with van der Waals surface area (Å²) in [5, 5.41) is 5.70. The Hall–Kier alpha value is -1.62. The van der Waals surface area contributed by atoms with Crippen molar-refractivity contribution in [3.8, 4) is 5.75 Å². The lowest BCUT2D eigenvalue weighted by Gasteiger charge is -2.23. The average Bonchev–Trinajstić information content (AvgIpc) is 2.39. The van der Waals surface area contributed by atoms with Crippen molar-refractivity contribution in [2.45, 2.75) is 20.4 Å². The fourth-order valence-electron chi connectivity index (χ4n) is 1.78. The molecule has 19 heavy (non-hydrogen) atoms. The minimum Gasteiger partial charge on any atom is -0.494 e. The molecule has 1 amide bonds. The van der Waals surface area contributed by atoms with Gasteiger partial charge in [0.15, 0.2) is 11.6 Å². The van der Waals surface area contributed by atoms with Crippen molar-refractivity contribution in [1.82, 2.24) is 10.6 Å². The van der Waals surface area contributed by atoms with E-state index < -0.39 is 5.41 Å². The van der Waals surface area contributed by atoms with Gasteiger partial charge in [0.2, 0.25) is 5.91 Å². The van der Waals surface area contributed by atoms with E-state index in [4.69, 9.17) is 4.74 Å². The van der Waals surface area contributed by atoms with Gasteiger partial charge in [0.1, 0.15) is 0 Å². The first-order valence-corrected chi connectivity index (χ1v) is 6.16. The summed E-state index contributed by atoms with van der Waals surface area (Å²) in [4.78, 5) is 11.6. The topological polar surface area (TPSA) is 50.4 Å². The Morgan fingerprint density at radius 3 is 2.68 bits per heavy atom. The van der Waals surface area contributed by atoms with Crippen LogP contribution in [-0.4, -0.2) is 26.6 Å². The summed E-state index contributed by atoms with van der Waals surface area (Å²) in [6, 6.07) is 5.01. The highest BCUT2D eigenvalue weighted by Crippen LogP contribution is 2.20. The molecule has 1 rings (SSSR count). The summed E-state index contributed by atoms with van der Waals surface area (Å²) >= 11 is 0. The molecule has 0 saturated heterocycles. The fourth-order valence-corrected chi connectivity index (χ4v) is 1.78. The van der Waals surface area contributed by atoms with Crippen LogP contribution in [0.25, 0.3) is 0 Å². The minimum atomic E-state index is -0.538. The molecule has 0 aliphatic heterocycles. The molecule has 0 saturated carbocycles. The Kier molecular flexibility index (Phi) is 5.30. The van der Waals surface area contributed by atoms with Gasteiger partial charge in [0.05, 0.1) is 12.5 Å². The van der Waals surface area contributed by atoms with Crippen LogP contribution in [0.2, 0.25) is 0 Å². The van der Waals surface area contributed by atoms with Gasteiger partial charge >= 0.3 is 0 Å². The predicted molar refractivity (Wildman–Crippen MR) is 72.5 cm³/mol. The highest BCUT2D eigenvalue weighted by atomic mass is 19.1. The monoisotopic (exact) mass is 268 g/mol. The molecule has 0 atom stereocenters. The van der Waals surface area contributed by atoms with Gasteiger partial charge in [-0.25, -0.2) is 4.39 Å². The summed E-state index contributed by atoms with van der Waals surface area (Å²) in [7, 11) is 3.04. The zero-order valence-corrected chi connectivity index (χ0v) is 11.8. The maximum absolute atomic E-state index is 13.9. The van der Waals surface area contributed by atoms with Gasteiger partial charge in [-0.3, -0.25) is 4.79 Å². The van der Waals surface area contributed by atoms with Crippen LogP contribution in [0.3, 0.4) is 0 Å². The Morgan fingerprint density at radius 1 is 1.42 bits per heavy atom. The first kappa shape index (κ1) is 15.4. The van der Waals surface area contributed by atoms with Gasteiger partial charge in [-0.1, -0.05) is 12.1 Å². The number of methoxy groups -OCH3 is 1. The number of benzene rings is 1. The molecule has 0 spiro atoms. The average molecular weight is 268 g/mol. The number of hydrogen-bond donors (Lipinski definition) is 2. The summed E-state index contributed by atoms with van der Waals surface area (Å²) in [6.07, 6.45) is 0. The Balaban J connectivity index is 2.61. The van der Waals surface area contributed by atoms with E-state index in [0.29, 0.717) is 18.7 Å². The molecule has 4 nitrogen and oxygen atoms in total. The number of nitrogens with one attached hydrogen (secondary N) is 2. The number of amides is 1. The SMILES string of the molecule is CNC(=O)C(C)(C)CNCc1cccc(OC)c1F. The number of carbonyl (C=O) groups excluding carboxylic acids is 1. The van der Waals surface area contributed by atoms with Gasteiger partial charge < -0.3 is 15.4 Å². The highest BCUT2D eigenvalue weighted by molar-refractivity contribution is 5.81. The Labute approximate surface area is 113 Å². The van der Waals surface area contributed by atoms with Crippen LogP contribution >= 0.6 is 0 Å². The number of ether oxygens (including phenoxy) is 1. The second-order valence-corrected chi connectivity index (χ2v) is 5.00. The fraction of sp³-hybridized carbons (Fsp3) is 0.500. The van der Waals surface area contributed by atoms with Gasteiger partial charge in [-0.05, 0) is 19.9 Å². The van der Waals surface area contributed by atoms with E-state index in [1.54, 1.807) is 25.2 Å². The molecular formula is C14H21FN2O2. The van der Waals surface area contributed by atoms with Crippen LogP contribution in [-0.2, 0) is 11.3 Å². The predicted octanol–water partition coefficient (Wildman–Crippen LogP) is 1.70. The van der Waals surface area contributed by atoms with Crippen molar-refractivity contribution in [2.75, 3.05) is 20.7 Å². The number of carbonyl (C=O) groups is 1. The molecule has 0 bridgehead atoms. The smallest absolute Gasteiger partial charge is 0.226 e. The van der Waals surface area contributed by atoms with Gasteiger partial charge in [-0.15, -0.1) is 0 Å². The van der Waals surface area contributed by atoms with Gasteiger partial charge in [-0.2, -0.15) is 0 Å². The van der Waals surface area contributed by atoms with Crippen molar-refractivity contribution in [1.29, 1.82) is 0 Å². The van der Waals surface area contributed by atoms with E-state index in [0.717, 1.165) is 0 Å². The summed E-state index contributed by atoms with van der Waals surface area (Å²) in [5.74, 6) is -0.189. The van der Waals surface area contributed by atoms with E-state index >= 15 is 0 Å². The van der Waals surface area contributed by atoms with E-state index in [1.165, 1.54) is 7.11 Å². The van der Waals surface area contributed by atoms with Crippen molar-refractivity contribution >= 4 is 5.91 Å². The van der Waals surface area contributed by atoms with Crippen LogP contribution in [0, 0.1) is 11.2 Å². The lowest BCUT2D eigenvalue weighted by Crippen LogP contribution is -2.41. The van der Waals surface area contributed by atoms with E-state index in [2.05, 4.69) is 10.6 Å². The van der Waals surface area contributed by atoms with Crippen LogP contribution < -0.4 is 15.4 Å². The molecule has 5 heteroatoms. The molecule has 0 aliphatic carbocycles. The molecule has 0 fully saturated rings. The Bertz CT molecular complexity index is 447. The quantitative estimate of drug-likeness (QED) is 0.825. The van der Waals surface area contributed by atoms with Crippen LogP contribution in [0.15, 0.2) is 18.2 Å². The van der Waals surface area contributed by atoms with Gasteiger partial charge in [0, 0.05) is 25.7 Å². The lowest BCUT2D eigenvalue weighted by molar-refractivity contribution is -0.128. The van der Waals surface area contributed by atoms with Crippen LogP contribution in [0.4, 0.5) is 4.39 Å². The van der Waals surface area contributed by atoms with Crippen molar-refractivity contribution in [2.24, 2.45) is 5.41 Å². The zero-order valence-electron chi connectivity index (χ0n) is 11.8. The first-order chi connectivity index (χ1) is 8.92. The van der Waals surface area contributed by atoms with Gasteiger partial charge in [0.25, 0.3) is 0 Å². The molecule has 0 aromatic heterocycles. The zero-order chi connectivity index (χ0) is 14.5. The number of rotatable bonds is 6. The summed E-state index contributed by atoms with van der Waals surface area (Å²) in [6.45, 7) is 4.48. The standard InChI is InChI=1S/C14H21FN2O2/c1-14(2,13(18)16-3)9-17-8-10-6-5-7-11(19-4)12(10)15/h5-7,17H,8-9H2,1-4H3,(H,16,18). The van der Waals surface area contributed by atoms with Crippen LogP contribution in [0.5, 0.6) is 5.75 Å². The third-order valence-corrected chi connectivity index (χ3v) is 2.99. The molecule has 1 aromatic rings.